The molecule has 0 atom stereocenters. The number of rotatable bonds is 3. The third kappa shape index (κ3) is 3.73. The van der Waals surface area contributed by atoms with Crippen molar-refractivity contribution in [2.75, 3.05) is 19.6 Å². The molecule has 0 aromatic carbocycles. The van der Waals surface area contributed by atoms with Gasteiger partial charge in [0.25, 0.3) is 0 Å². The highest BCUT2D eigenvalue weighted by atomic mass is 35.5. The van der Waals surface area contributed by atoms with E-state index in [9.17, 15) is 4.79 Å². The number of ether oxygens (including phenoxy) is 1. The van der Waals surface area contributed by atoms with Gasteiger partial charge in [0.1, 0.15) is 0 Å². The molecule has 1 aromatic heterocycles. The van der Waals surface area contributed by atoms with Gasteiger partial charge in [0, 0.05) is 24.5 Å². The van der Waals surface area contributed by atoms with Gasteiger partial charge in [-0.1, -0.05) is 6.08 Å². The molecule has 0 radical (unpaired) electrons. The van der Waals surface area contributed by atoms with Gasteiger partial charge in [-0.2, -0.15) is 0 Å². The van der Waals surface area contributed by atoms with Crippen LogP contribution in [0.1, 0.15) is 10.4 Å². The second-order valence-corrected chi connectivity index (χ2v) is 5.07. The molecule has 1 N–H and O–H groups in total. The van der Waals surface area contributed by atoms with Gasteiger partial charge in [0.05, 0.1) is 0 Å². The van der Waals surface area contributed by atoms with Crippen LogP contribution in [0.3, 0.4) is 0 Å². The topological polar surface area (TPSA) is 49.8 Å². The molecular formula is C12H16ClNO3S. The normalized spacial score (nSPS) is 15.1. The molecule has 100 valence electrons. The summed E-state index contributed by atoms with van der Waals surface area (Å²) in [5.41, 5.74) is 1.22. The van der Waals surface area contributed by atoms with Crippen molar-refractivity contribution in [1.82, 2.24) is 4.90 Å². The lowest BCUT2D eigenvalue weighted by Gasteiger charge is -2.16. The summed E-state index contributed by atoms with van der Waals surface area (Å²) in [4.78, 5) is 14.0. The monoisotopic (exact) mass is 289 g/mol. The largest absolute Gasteiger partial charge is 0.512 e. The number of carboxylic acid groups (broad SMARTS) is 1. The van der Waals surface area contributed by atoms with Crippen LogP contribution in [0.2, 0.25) is 0 Å². The van der Waals surface area contributed by atoms with Crippen LogP contribution in [0.25, 0.3) is 0 Å². The van der Waals surface area contributed by atoms with Gasteiger partial charge in [0.2, 0.25) is 0 Å². The third-order valence-electron chi connectivity index (χ3n) is 2.80. The SMILES string of the molecule is C=CCN1CCc2cc(OC(=O)O)sc2CC1.Cl. The summed E-state index contributed by atoms with van der Waals surface area (Å²) in [6.45, 7) is 6.64. The van der Waals surface area contributed by atoms with E-state index in [1.165, 1.54) is 21.8 Å². The first kappa shape index (κ1) is 15.0. The summed E-state index contributed by atoms with van der Waals surface area (Å²) in [7, 11) is 0. The van der Waals surface area contributed by atoms with E-state index in [-0.39, 0.29) is 12.4 Å². The molecule has 2 rings (SSSR count). The molecule has 0 amide bonds. The van der Waals surface area contributed by atoms with Crippen LogP contribution >= 0.6 is 23.7 Å². The lowest BCUT2D eigenvalue weighted by atomic mass is 10.2. The molecule has 4 nitrogen and oxygen atoms in total. The van der Waals surface area contributed by atoms with Gasteiger partial charge in [-0.15, -0.1) is 30.3 Å². The minimum absolute atomic E-state index is 0. The lowest BCUT2D eigenvalue weighted by Crippen LogP contribution is -2.26. The van der Waals surface area contributed by atoms with E-state index < -0.39 is 6.16 Å². The molecule has 0 aliphatic carbocycles. The van der Waals surface area contributed by atoms with Crippen molar-refractivity contribution in [3.05, 3.63) is 29.2 Å². The highest BCUT2D eigenvalue weighted by Gasteiger charge is 2.17. The molecular weight excluding hydrogens is 274 g/mol. The Morgan fingerprint density at radius 1 is 1.56 bits per heavy atom. The minimum atomic E-state index is -1.24. The van der Waals surface area contributed by atoms with Gasteiger partial charge in [-0.25, -0.2) is 4.79 Å². The van der Waals surface area contributed by atoms with E-state index >= 15 is 0 Å². The number of hydrogen-bond acceptors (Lipinski definition) is 4. The van der Waals surface area contributed by atoms with Crippen LogP contribution < -0.4 is 4.74 Å². The summed E-state index contributed by atoms with van der Waals surface area (Å²) < 4.78 is 4.69. The average Bonchev–Trinajstić information content (AvgIpc) is 2.54. The Morgan fingerprint density at radius 3 is 2.94 bits per heavy atom. The van der Waals surface area contributed by atoms with E-state index in [1.807, 2.05) is 12.1 Å². The highest BCUT2D eigenvalue weighted by molar-refractivity contribution is 7.14. The van der Waals surface area contributed by atoms with Crippen molar-refractivity contribution in [1.29, 1.82) is 0 Å². The van der Waals surface area contributed by atoms with Crippen molar-refractivity contribution in [2.24, 2.45) is 0 Å². The van der Waals surface area contributed by atoms with Crippen molar-refractivity contribution in [3.63, 3.8) is 0 Å². The van der Waals surface area contributed by atoms with Gasteiger partial charge >= 0.3 is 6.16 Å². The number of hydrogen-bond donors (Lipinski definition) is 1. The molecule has 6 heteroatoms. The highest BCUT2D eigenvalue weighted by Crippen LogP contribution is 2.31. The maximum atomic E-state index is 10.5. The van der Waals surface area contributed by atoms with E-state index in [2.05, 4.69) is 16.2 Å². The quantitative estimate of drug-likeness (QED) is 0.687. The van der Waals surface area contributed by atoms with E-state index in [1.54, 1.807) is 0 Å². The van der Waals surface area contributed by atoms with Gasteiger partial charge in [-0.3, -0.25) is 4.90 Å². The molecule has 0 spiro atoms. The van der Waals surface area contributed by atoms with Gasteiger partial charge in [0.15, 0.2) is 5.06 Å². The van der Waals surface area contributed by atoms with Crippen LogP contribution in [0.15, 0.2) is 18.7 Å². The summed E-state index contributed by atoms with van der Waals surface area (Å²) in [6.07, 6.45) is 2.58. The molecule has 0 saturated heterocycles. The number of carbonyl (C=O) groups is 1. The molecule has 1 aliphatic rings. The second kappa shape index (κ2) is 6.78. The van der Waals surface area contributed by atoms with Gasteiger partial charge in [-0.05, 0) is 24.5 Å². The maximum absolute atomic E-state index is 10.5. The molecule has 0 bridgehead atoms. The minimum Gasteiger partial charge on any atom is -0.449 e. The molecule has 1 aromatic rings. The smallest absolute Gasteiger partial charge is 0.449 e. The van der Waals surface area contributed by atoms with Crippen LogP contribution in [-0.4, -0.2) is 35.8 Å². The first-order chi connectivity index (χ1) is 8.19. The zero-order chi connectivity index (χ0) is 12.3. The van der Waals surface area contributed by atoms with Crippen LogP contribution in [0.5, 0.6) is 5.06 Å². The first-order valence-corrected chi connectivity index (χ1v) is 6.36. The third-order valence-corrected chi connectivity index (χ3v) is 3.92. The maximum Gasteiger partial charge on any atom is 0.512 e. The molecule has 0 saturated carbocycles. The Hall–Kier alpha value is -1.04. The summed E-state index contributed by atoms with van der Waals surface area (Å²) in [5, 5.41) is 9.05. The zero-order valence-electron chi connectivity index (χ0n) is 9.92. The van der Waals surface area contributed by atoms with Crippen molar-refractivity contribution in [2.45, 2.75) is 12.8 Å². The van der Waals surface area contributed by atoms with Crippen LogP contribution in [0, 0.1) is 0 Å². The van der Waals surface area contributed by atoms with E-state index in [0.717, 1.165) is 32.5 Å². The summed E-state index contributed by atoms with van der Waals surface area (Å²) in [6, 6.07) is 1.85. The zero-order valence-corrected chi connectivity index (χ0v) is 11.6. The lowest BCUT2D eigenvalue weighted by molar-refractivity contribution is 0.146. The first-order valence-electron chi connectivity index (χ1n) is 5.54. The van der Waals surface area contributed by atoms with Crippen LogP contribution in [0.4, 0.5) is 4.79 Å². The number of nitrogens with zero attached hydrogens (tertiary/aromatic N) is 1. The van der Waals surface area contributed by atoms with Crippen molar-refractivity contribution in [3.8, 4) is 5.06 Å². The predicted octanol–water partition coefficient (Wildman–Crippen LogP) is 2.81. The molecule has 0 fully saturated rings. The Balaban J connectivity index is 0.00000162. The Bertz CT molecular complexity index is 407. The number of halogens is 1. The van der Waals surface area contributed by atoms with E-state index in [4.69, 9.17) is 5.11 Å². The van der Waals surface area contributed by atoms with Crippen LogP contribution in [-0.2, 0) is 12.8 Å². The number of thiophene rings is 1. The average molecular weight is 290 g/mol. The molecule has 1 aliphatic heterocycles. The summed E-state index contributed by atoms with van der Waals surface area (Å²) >= 11 is 1.44. The summed E-state index contributed by atoms with van der Waals surface area (Å²) in [5.74, 6) is 0. The fourth-order valence-electron chi connectivity index (χ4n) is 2.01. The second-order valence-electron chi connectivity index (χ2n) is 3.97. The Kier molecular flexibility index (Phi) is 5.65. The molecule has 0 unspecified atom stereocenters. The molecule has 18 heavy (non-hydrogen) atoms. The Labute approximate surface area is 116 Å². The van der Waals surface area contributed by atoms with E-state index in [0.29, 0.717) is 5.06 Å². The molecule has 2 heterocycles. The standard InChI is InChI=1S/C12H15NO3S.ClH/c1-2-5-13-6-3-9-8-11(16-12(14)15)17-10(9)4-7-13;/h2,8H,1,3-7H2,(H,14,15);1H. The fraction of sp³-hybridized carbons (Fsp3) is 0.417. The van der Waals surface area contributed by atoms with Gasteiger partial charge < -0.3 is 9.84 Å². The predicted molar refractivity (Wildman–Crippen MR) is 74.3 cm³/mol. The fourth-order valence-corrected chi connectivity index (χ4v) is 3.06. The number of fused-ring (bicyclic) bond motifs is 1. The van der Waals surface area contributed by atoms with Crippen molar-refractivity contribution < 1.29 is 14.6 Å². The Morgan fingerprint density at radius 2 is 2.28 bits per heavy atom. The van der Waals surface area contributed by atoms with Crippen molar-refractivity contribution >= 4 is 29.9 Å².